The van der Waals surface area contributed by atoms with Gasteiger partial charge in [-0.2, -0.15) is 0 Å². The first-order chi connectivity index (χ1) is 13.4. The second-order valence-corrected chi connectivity index (χ2v) is 9.17. The minimum absolute atomic E-state index is 0.0342. The van der Waals surface area contributed by atoms with Gasteiger partial charge in [-0.15, -0.1) is 4.40 Å². The Morgan fingerprint density at radius 1 is 1.25 bits per heavy atom. The molecule has 5 N–H and O–H groups in total. The Morgan fingerprint density at radius 2 is 2.00 bits per heavy atom. The number of carbonyl (C=O) groups excluding carboxylic acids is 1. The van der Waals surface area contributed by atoms with Crippen molar-refractivity contribution in [1.82, 2.24) is 4.90 Å². The summed E-state index contributed by atoms with van der Waals surface area (Å²) >= 11 is 0. The number of hydrogen-bond acceptors (Lipinski definition) is 7. The number of nitrogens with two attached hydrogens (primary N) is 1. The topological polar surface area (TPSA) is 120 Å². The summed E-state index contributed by atoms with van der Waals surface area (Å²) in [6, 6.07) is 5.30. The van der Waals surface area contributed by atoms with Gasteiger partial charge in [0.05, 0.1) is 17.3 Å². The van der Waals surface area contributed by atoms with Gasteiger partial charge in [0, 0.05) is 12.5 Å². The molecule has 2 aliphatic heterocycles. The largest absolute Gasteiger partial charge is 0.491 e. The molecule has 28 heavy (non-hydrogen) atoms. The number of hydrogen-bond donors (Lipinski definition) is 4. The Labute approximate surface area is 166 Å². The van der Waals surface area contributed by atoms with Crippen LogP contribution in [0, 0.1) is 5.92 Å². The van der Waals surface area contributed by atoms with Crippen molar-refractivity contribution >= 4 is 28.4 Å². The SMILES string of the molecule is NC1=NS(O)(O)Nc2cccc(OCC3CCCCN3C(=O)C3CCCC3)c21. The van der Waals surface area contributed by atoms with E-state index in [0.717, 1.165) is 51.5 Å². The van der Waals surface area contributed by atoms with Gasteiger partial charge in [-0.3, -0.25) is 18.6 Å². The van der Waals surface area contributed by atoms with E-state index in [9.17, 15) is 13.9 Å². The summed E-state index contributed by atoms with van der Waals surface area (Å²) in [5.41, 5.74) is 6.96. The number of piperidine rings is 1. The van der Waals surface area contributed by atoms with Crippen LogP contribution in [-0.2, 0) is 4.79 Å². The molecule has 8 nitrogen and oxygen atoms in total. The van der Waals surface area contributed by atoms with E-state index in [2.05, 4.69) is 9.12 Å². The van der Waals surface area contributed by atoms with E-state index < -0.39 is 11.0 Å². The molecule has 9 heteroatoms. The molecule has 154 valence electrons. The highest BCUT2D eigenvalue weighted by Gasteiger charge is 2.33. The summed E-state index contributed by atoms with van der Waals surface area (Å²) in [6.07, 6.45) is 7.34. The van der Waals surface area contributed by atoms with E-state index in [1.165, 1.54) is 0 Å². The Morgan fingerprint density at radius 3 is 2.79 bits per heavy atom. The number of amidine groups is 1. The number of anilines is 1. The molecule has 1 amide bonds. The van der Waals surface area contributed by atoms with Crippen molar-refractivity contribution in [1.29, 1.82) is 0 Å². The number of nitrogens with one attached hydrogen (secondary N) is 1. The lowest BCUT2D eigenvalue weighted by atomic mass is 9.98. The zero-order valence-electron chi connectivity index (χ0n) is 15.8. The highest BCUT2D eigenvalue weighted by Crippen LogP contribution is 2.46. The van der Waals surface area contributed by atoms with Crippen molar-refractivity contribution in [3.05, 3.63) is 23.8 Å². The number of nitrogens with zero attached hydrogens (tertiary/aromatic N) is 2. The Bertz CT molecular complexity index is 779. The van der Waals surface area contributed by atoms with Gasteiger partial charge in [0.2, 0.25) is 5.91 Å². The van der Waals surface area contributed by atoms with E-state index in [4.69, 9.17) is 10.5 Å². The number of amides is 1. The molecule has 3 aliphatic rings. The predicted molar refractivity (Wildman–Crippen MR) is 110 cm³/mol. The first-order valence-electron chi connectivity index (χ1n) is 9.92. The van der Waals surface area contributed by atoms with Crippen LogP contribution in [0.5, 0.6) is 5.75 Å². The van der Waals surface area contributed by atoms with Crippen LogP contribution in [0.2, 0.25) is 0 Å². The Balaban J connectivity index is 1.49. The molecular weight excluding hydrogens is 380 g/mol. The van der Waals surface area contributed by atoms with Crippen LogP contribution in [0.25, 0.3) is 0 Å². The molecule has 0 aromatic heterocycles. The van der Waals surface area contributed by atoms with Gasteiger partial charge in [0.25, 0.3) is 0 Å². The Kier molecular flexibility index (Phi) is 5.39. The molecule has 0 radical (unpaired) electrons. The summed E-state index contributed by atoms with van der Waals surface area (Å²) in [4.78, 5) is 15.0. The molecule has 0 bridgehead atoms. The highest BCUT2D eigenvalue weighted by molar-refractivity contribution is 8.24. The van der Waals surface area contributed by atoms with Crippen molar-refractivity contribution in [2.45, 2.75) is 51.0 Å². The normalized spacial score (nSPS) is 25.4. The molecule has 1 aromatic rings. The number of fused-ring (bicyclic) bond motifs is 1. The summed E-state index contributed by atoms with van der Waals surface area (Å²) in [5.74, 6) is 1.01. The second kappa shape index (κ2) is 7.81. The lowest BCUT2D eigenvalue weighted by molar-refractivity contribution is -0.139. The average molecular weight is 409 g/mol. The fourth-order valence-electron chi connectivity index (χ4n) is 4.41. The maximum Gasteiger partial charge on any atom is 0.226 e. The van der Waals surface area contributed by atoms with E-state index in [1.807, 2.05) is 4.90 Å². The number of ether oxygens (including phenoxy) is 1. The van der Waals surface area contributed by atoms with Crippen molar-refractivity contribution in [3.63, 3.8) is 0 Å². The third kappa shape index (κ3) is 3.92. The van der Waals surface area contributed by atoms with Crippen LogP contribution in [-0.4, -0.2) is 44.9 Å². The molecule has 1 saturated heterocycles. The van der Waals surface area contributed by atoms with Crippen molar-refractivity contribution in [2.24, 2.45) is 16.0 Å². The van der Waals surface area contributed by atoms with Gasteiger partial charge in [-0.1, -0.05) is 18.9 Å². The summed E-state index contributed by atoms with van der Waals surface area (Å²) in [7, 11) is -3.32. The molecule has 1 saturated carbocycles. The third-order valence-corrected chi connectivity index (χ3v) is 6.75. The van der Waals surface area contributed by atoms with Gasteiger partial charge in [0.15, 0.2) is 5.84 Å². The summed E-state index contributed by atoms with van der Waals surface area (Å²) in [6.45, 7) is 1.18. The molecule has 2 fully saturated rings. The standard InChI is InChI=1S/C19H28N4O4S/c20-18-17-15(21-28(25,26)22-18)9-5-10-16(17)27-12-14-8-3-4-11-23(14)19(24)13-6-1-2-7-13/h5,9-10,13-14,21,25-26H,1-4,6-8,11-12H2,(H2,20,22). The zero-order chi connectivity index (χ0) is 19.7. The Hall–Kier alpha value is -1.97. The molecule has 4 rings (SSSR count). The van der Waals surface area contributed by atoms with Crippen molar-refractivity contribution in [3.8, 4) is 5.75 Å². The molecule has 1 aromatic carbocycles. The maximum atomic E-state index is 12.9. The van der Waals surface area contributed by atoms with Gasteiger partial charge in [0.1, 0.15) is 12.4 Å². The van der Waals surface area contributed by atoms with Crippen LogP contribution in [0.15, 0.2) is 22.6 Å². The van der Waals surface area contributed by atoms with Crippen molar-refractivity contribution < 1.29 is 18.6 Å². The minimum atomic E-state index is -3.32. The van der Waals surface area contributed by atoms with Crippen LogP contribution < -0.4 is 15.2 Å². The van der Waals surface area contributed by atoms with Crippen LogP contribution in [0.3, 0.4) is 0 Å². The second-order valence-electron chi connectivity index (χ2n) is 7.75. The lowest BCUT2D eigenvalue weighted by Gasteiger charge is -2.37. The first kappa shape index (κ1) is 19.4. The van der Waals surface area contributed by atoms with Gasteiger partial charge in [-0.05, 0) is 55.2 Å². The molecular formula is C19H28N4O4S. The molecule has 0 spiro atoms. The molecule has 1 atom stereocenters. The van der Waals surface area contributed by atoms with Crippen LogP contribution >= 0.6 is 11.0 Å². The fraction of sp³-hybridized carbons (Fsp3) is 0.579. The monoisotopic (exact) mass is 408 g/mol. The molecule has 1 unspecified atom stereocenters. The minimum Gasteiger partial charge on any atom is -0.491 e. The van der Waals surface area contributed by atoms with Gasteiger partial charge in [-0.25, -0.2) is 0 Å². The number of likely N-dealkylation sites (tertiary alicyclic amines) is 1. The lowest BCUT2D eigenvalue weighted by Crippen LogP contribution is -2.48. The van der Waals surface area contributed by atoms with E-state index in [0.29, 0.717) is 23.6 Å². The van der Waals surface area contributed by atoms with E-state index >= 15 is 0 Å². The number of rotatable bonds is 4. The average Bonchev–Trinajstić information content (AvgIpc) is 3.19. The number of benzene rings is 1. The van der Waals surface area contributed by atoms with Crippen LogP contribution in [0.1, 0.15) is 50.5 Å². The fourth-order valence-corrected chi connectivity index (χ4v) is 5.29. The van der Waals surface area contributed by atoms with E-state index in [1.54, 1.807) is 18.2 Å². The van der Waals surface area contributed by atoms with Gasteiger partial charge < -0.3 is 15.4 Å². The summed E-state index contributed by atoms with van der Waals surface area (Å²) in [5, 5.41) is 0. The third-order valence-electron chi connectivity index (χ3n) is 5.80. The quantitative estimate of drug-likeness (QED) is 0.606. The summed E-state index contributed by atoms with van der Waals surface area (Å²) < 4.78 is 32.0. The van der Waals surface area contributed by atoms with Crippen molar-refractivity contribution in [2.75, 3.05) is 17.9 Å². The zero-order valence-corrected chi connectivity index (χ0v) is 16.7. The van der Waals surface area contributed by atoms with Gasteiger partial charge >= 0.3 is 0 Å². The molecule has 2 heterocycles. The predicted octanol–water partition coefficient (Wildman–Crippen LogP) is 3.35. The smallest absolute Gasteiger partial charge is 0.226 e. The highest BCUT2D eigenvalue weighted by atomic mass is 32.3. The molecule has 1 aliphatic carbocycles. The maximum absolute atomic E-state index is 12.9. The van der Waals surface area contributed by atoms with E-state index in [-0.39, 0.29) is 23.7 Å². The number of carbonyl (C=O) groups is 1. The first-order valence-corrected chi connectivity index (χ1v) is 11.4. The van der Waals surface area contributed by atoms with Crippen LogP contribution in [0.4, 0.5) is 5.69 Å².